The molecule has 0 amide bonds. The molecule has 1 aromatic carbocycles. The molecule has 0 bridgehead atoms. The number of carboxylic acid groups (broad SMARTS) is 1. The summed E-state index contributed by atoms with van der Waals surface area (Å²) in [7, 11) is 0. The summed E-state index contributed by atoms with van der Waals surface area (Å²) in [4.78, 5) is 21.1. The van der Waals surface area contributed by atoms with Gasteiger partial charge in [-0.25, -0.2) is 4.79 Å². The average Bonchev–Trinajstić information content (AvgIpc) is 2.98. The van der Waals surface area contributed by atoms with Crippen LogP contribution in [-0.2, 0) is 0 Å². The fourth-order valence-electron chi connectivity index (χ4n) is 1.74. The van der Waals surface area contributed by atoms with Crippen LogP contribution in [0.2, 0.25) is 0 Å². The Morgan fingerprint density at radius 2 is 1.95 bits per heavy atom. The molecular formula is C14H10N4O3. The minimum atomic E-state index is -1.16. The lowest BCUT2D eigenvalue weighted by Crippen LogP contribution is -2.05. The van der Waals surface area contributed by atoms with Crippen molar-refractivity contribution >= 4 is 5.97 Å². The van der Waals surface area contributed by atoms with Crippen molar-refractivity contribution in [2.45, 2.75) is 0 Å². The zero-order valence-corrected chi connectivity index (χ0v) is 10.7. The van der Waals surface area contributed by atoms with Gasteiger partial charge >= 0.3 is 5.97 Å². The number of benzene rings is 1. The Kier molecular flexibility index (Phi) is 3.30. The molecule has 0 aliphatic heterocycles. The molecule has 0 saturated carbocycles. The van der Waals surface area contributed by atoms with Crippen LogP contribution in [0.15, 0.2) is 55.0 Å². The average molecular weight is 282 g/mol. The van der Waals surface area contributed by atoms with E-state index in [4.69, 9.17) is 9.94 Å². The maximum absolute atomic E-state index is 10.7. The highest BCUT2D eigenvalue weighted by Crippen LogP contribution is 2.21. The predicted molar refractivity (Wildman–Crippen MR) is 72.7 cm³/mol. The Balaban J connectivity index is 1.76. The summed E-state index contributed by atoms with van der Waals surface area (Å²) in [6, 6.07) is 11.1. The first-order valence-corrected chi connectivity index (χ1v) is 6.07. The number of hydrogen-bond donors (Lipinski definition) is 1. The minimum Gasteiger partial charge on any atom is -0.476 e. The van der Waals surface area contributed by atoms with Crippen LogP contribution in [0.25, 0.3) is 11.1 Å². The van der Waals surface area contributed by atoms with Gasteiger partial charge in [-0.15, -0.1) is 5.10 Å². The zero-order chi connectivity index (χ0) is 14.7. The maximum Gasteiger partial charge on any atom is 0.358 e. The standard InChI is InChI=1S/C14H10N4O3/c19-14(20)13-9-18(17-16-13)21-12-5-3-10(4-6-12)11-2-1-7-15-8-11/h1-9H,(H,19,20). The van der Waals surface area contributed by atoms with Crippen LogP contribution in [0, 0.1) is 0 Å². The molecule has 7 nitrogen and oxygen atoms in total. The molecule has 3 aromatic rings. The van der Waals surface area contributed by atoms with Crippen LogP contribution in [0.4, 0.5) is 0 Å². The topological polar surface area (TPSA) is 90.1 Å². The Hall–Kier alpha value is -3.22. The van der Waals surface area contributed by atoms with E-state index in [2.05, 4.69) is 15.3 Å². The van der Waals surface area contributed by atoms with Crippen molar-refractivity contribution in [2.24, 2.45) is 0 Å². The minimum absolute atomic E-state index is 0.179. The summed E-state index contributed by atoms with van der Waals surface area (Å²) in [5.74, 6) is -0.638. The lowest BCUT2D eigenvalue weighted by atomic mass is 10.1. The Morgan fingerprint density at radius 1 is 1.14 bits per heavy atom. The number of aromatic carboxylic acids is 1. The number of nitrogens with zero attached hydrogens (tertiary/aromatic N) is 4. The van der Waals surface area contributed by atoms with E-state index in [-0.39, 0.29) is 5.69 Å². The second-order valence-electron chi connectivity index (χ2n) is 4.17. The Labute approximate surface area is 119 Å². The Morgan fingerprint density at radius 3 is 2.57 bits per heavy atom. The zero-order valence-electron chi connectivity index (χ0n) is 10.7. The van der Waals surface area contributed by atoms with E-state index in [0.717, 1.165) is 16.0 Å². The molecule has 21 heavy (non-hydrogen) atoms. The summed E-state index contributed by atoms with van der Waals surface area (Å²) >= 11 is 0. The van der Waals surface area contributed by atoms with E-state index in [1.54, 1.807) is 24.5 Å². The summed E-state index contributed by atoms with van der Waals surface area (Å²) in [6.45, 7) is 0. The van der Waals surface area contributed by atoms with Crippen molar-refractivity contribution in [3.63, 3.8) is 0 Å². The summed E-state index contributed by atoms with van der Waals surface area (Å²) < 4.78 is 0. The van der Waals surface area contributed by atoms with Crippen molar-refractivity contribution in [1.29, 1.82) is 0 Å². The van der Waals surface area contributed by atoms with E-state index < -0.39 is 5.97 Å². The first-order chi connectivity index (χ1) is 10.2. The Bertz CT molecular complexity index is 753. The first kappa shape index (κ1) is 12.8. The van der Waals surface area contributed by atoms with Gasteiger partial charge < -0.3 is 9.94 Å². The van der Waals surface area contributed by atoms with Gasteiger partial charge in [0.2, 0.25) is 0 Å². The van der Waals surface area contributed by atoms with Gasteiger partial charge in [-0.1, -0.05) is 23.0 Å². The van der Waals surface area contributed by atoms with Gasteiger partial charge in [0.1, 0.15) is 6.20 Å². The number of carbonyl (C=O) groups is 1. The molecule has 2 aromatic heterocycles. The lowest BCUT2D eigenvalue weighted by Gasteiger charge is -2.05. The van der Waals surface area contributed by atoms with Crippen LogP contribution in [0.3, 0.4) is 0 Å². The molecule has 0 radical (unpaired) electrons. The van der Waals surface area contributed by atoms with Gasteiger partial charge in [-0.3, -0.25) is 4.98 Å². The van der Waals surface area contributed by atoms with Gasteiger partial charge in [-0.2, -0.15) is 0 Å². The molecule has 104 valence electrons. The van der Waals surface area contributed by atoms with Crippen LogP contribution in [0.1, 0.15) is 10.5 Å². The highest BCUT2D eigenvalue weighted by Gasteiger charge is 2.09. The summed E-state index contributed by atoms with van der Waals surface area (Å²) in [6.07, 6.45) is 4.68. The predicted octanol–water partition coefficient (Wildman–Crippen LogP) is 1.88. The van der Waals surface area contributed by atoms with E-state index >= 15 is 0 Å². The molecule has 1 N–H and O–H groups in total. The molecule has 3 rings (SSSR count). The normalized spacial score (nSPS) is 10.3. The number of carboxylic acids is 1. The molecule has 0 aliphatic rings. The lowest BCUT2D eigenvalue weighted by molar-refractivity contribution is 0.0690. The van der Waals surface area contributed by atoms with Crippen LogP contribution in [0.5, 0.6) is 5.75 Å². The highest BCUT2D eigenvalue weighted by molar-refractivity contribution is 5.84. The van der Waals surface area contributed by atoms with Crippen LogP contribution in [-0.4, -0.2) is 31.2 Å². The van der Waals surface area contributed by atoms with Crippen molar-refractivity contribution < 1.29 is 14.7 Å². The summed E-state index contributed by atoms with van der Waals surface area (Å²) in [5, 5.41) is 15.8. The van der Waals surface area contributed by atoms with E-state index in [1.807, 2.05) is 24.3 Å². The van der Waals surface area contributed by atoms with Gasteiger partial charge in [0.05, 0.1) is 0 Å². The largest absolute Gasteiger partial charge is 0.476 e. The first-order valence-electron chi connectivity index (χ1n) is 6.07. The number of pyridine rings is 1. The highest BCUT2D eigenvalue weighted by atomic mass is 16.7. The molecule has 0 fully saturated rings. The molecular weight excluding hydrogens is 272 g/mol. The maximum atomic E-state index is 10.7. The van der Waals surface area contributed by atoms with Crippen molar-refractivity contribution in [2.75, 3.05) is 0 Å². The summed E-state index contributed by atoms with van der Waals surface area (Å²) in [5.41, 5.74) is 1.82. The SMILES string of the molecule is O=C(O)c1cn(Oc2ccc(-c3cccnc3)cc2)nn1. The van der Waals surface area contributed by atoms with E-state index in [0.29, 0.717) is 5.75 Å². The van der Waals surface area contributed by atoms with Crippen LogP contribution >= 0.6 is 0 Å². The molecule has 2 heterocycles. The fourth-order valence-corrected chi connectivity index (χ4v) is 1.74. The second-order valence-corrected chi connectivity index (χ2v) is 4.17. The third kappa shape index (κ3) is 2.86. The molecule has 0 atom stereocenters. The number of hydrogen-bond acceptors (Lipinski definition) is 5. The molecule has 0 aliphatic carbocycles. The van der Waals surface area contributed by atoms with E-state index in [1.165, 1.54) is 6.20 Å². The second kappa shape index (κ2) is 5.41. The van der Waals surface area contributed by atoms with Crippen molar-refractivity contribution in [3.05, 3.63) is 60.7 Å². The van der Waals surface area contributed by atoms with E-state index in [9.17, 15) is 4.79 Å². The van der Waals surface area contributed by atoms with Gasteiger partial charge in [0, 0.05) is 12.4 Å². The van der Waals surface area contributed by atoms with Gasteiger partial charge in [0.15, 0.2) is 11.4 Å². The molecule has 0 saturated heterocycles. The smallest absolute Gasteiger partial charge is 0.358 e. The monoisotopic (exact) mass is 282 g/mol. The third-order valence-corrected chi connectivity index (χ3v) is 2.74. The van der Waals surface area contributed by atoms with Crippen molar-refractivity contribution in [3.8, 4) is 16.9 Å². The molecule has 0 unspecified atom stereocenters. The molecule has 7 heteroatoms. The van der Waals surface area contributed by atoms with Crippen LogP contribution < -0.4 is 4.84 Å². The van der Waals surface area contributed by atoms with Gasteiger partial charge in [-0.05, 0) is 34.5 Å². The van der Waals surface area contributed by atoms with Crippen molar-refractivity contribution in [1.82, 2.24) is 20.1 Å². The quantitative estimate of drug-likeness (QED) is 0.785. The number of aromatic nitrogens is 4. The fraction of sp³-hybridized carbons (Fsp3) is 0. The third-order valence-electron chi connectivity index (χ3n) is 2.74. The molecule has 0 spiro atoms. The van der Waals surface area contributed by atoms with Gasteiger partial charge in [0.25, 0.3) is 0 Å². The number of rotatable bonds is 4.